The number of aryl methyl sites for hydroxylation is 2. The molecule has 0 heterocycles. The van der Waals surface area contributed by atoms with Crippen molar-refractivity contribution in [1.82, 2.24) is 0 Å². The van der Waals surface area contributed by atoms with E-state index in [4.69, 9.17) is 0 Å². The number of Topliss-reactive ketones (excluding diaryl/α,β-unsaturated/α-hetero) is 1. The molecule has 144 valence electrons. The Bertz CT molecular complexity index is 968. The van der Waals surface area contributed by atoms with E-state index in [0.29, 0.717) is 16.9 Å². The summed E-state index contributed by atoms with van der Waals surface area (Å²) in [7, 11) is -3.60. The second kappa shape index (κ2) is 8.35. The Hall–Kier alpha value is -2.67. The zero-order valence-corrected chi connectivity index (χ0v) is 16.8. The number of carbonyl (C=O) groups is 2. The lowest BCUT2D eigenvalue weighted by atomic mass is 10.1. The first-order valence-corrected chi connectivity index (χ1v) is 10.4. The van der Waals surface area contributed by atoms with Crippen molar-refractivity contribution in [3.05, 3.63) is 59.2 Å². The van der Waals surface area contributed by atoms with Crippen LogP contribution in [0.3, 0.4) is 0 Å². The summed E-state index contributed by atoms with van der Waals surface area (Å²) in [5.41, 5.74) is 3.64. The molecule has 0 aliphatic heterocycles. The van der Waals surface area contributed by atoms with E-state index in [1.807, 2.05) is 32.0 Å². The molecule has 2 rings (SSSR count). The maximum Gasteiger partial charge on any atom is 0.232 e. The Morgan fingerprint density at radius 2 is 1.74 bits per heavy atom. The van der Waals surface area contributed by atoms with Crippen LogP contribution in [0.4, 0.5) is 11.4 Å². The molecule has 0 unspecified atom stereocenters. The van der Waals surface area contributed by atoms with Gasteiger partial charge in [-0.25, -0.2) is 8.42 Å². The lowest BCUT2D eigenvalue weighted by Gasteiger charge is -2.22. The van der Waals surface area contributed by atoms with Gasteiger partial charge in [-0.2, -0.15) is 0 Å². The summed E-state index contributed by atoms with van der Waals surface area (Å²) in [6, 6.07) is 12.0. The normalized spacial score (nSPS) is 11.1. The highest BCUT2D eigenvalue weighted by atomic mass is 32.2. The minimum absolute atomic E-state index is 0.00963. The van der Waals surface area contributed by atoms with Crippen LogP contribution in [0.15, 0.2) is 42.5 Å². The quantitative estimate of drug-likeness (QED) is 0.738. The fourth-order valence-corrected chi connectivity index (χ4v) is 3.53. The largest absolute Gasteiger partial charge is 0.326 e. The summed E-state index contributed by atoms with van der Waals surface area (Å²) in [5, 5.41) is 2.78. The van der Waals surface area contributed by atoms with Gasteiger partial charge in [0.2, 0.25) is 15.9 Å². The van der Waals surface area contributed by atoms with E-state index in [1.54, 1.807) is 18.2 Å². The maximum atomic E-state index is 12.3. The number of amides is 1. The van der Waals surface area contributed by atoms with Gasteiger partial charge in [-0.15, -0.1) is 0 Å². The third kappa shape index (κ3) is 5.65. The summed E-state index contributed by atoms with van der Waals surface area (Å²) in [4.78, 5) is 23.8. The third-order valence-corrected chi connectivity index (χ3v) is 5.47. The van der Waals surface area contributed by atoms with Gasteiger partial charge in [0.15, 0.2) is 5.78 Å². The van der Waals surface area contributed by atoms with Gasteiger partial charge in [0.25, 0.3) is 0 Å². The second-order valence-corrected chi connectivity index (χ2v) is 8.45. The highest BCUT2D eigenvalue weighted by molar-refractivity contribution is 7.92. The van der Waals surface area contributed by atoms with Crippen molar-refractivity contribution in [3.63, 3.8) is 0 Å². The number of ketones is 1. The van der Waals surface area contributed by atoms with Crippen molar-refractivity contribution in [2.75, 3.05) is 22.4 Å². The van der Waals surface area contributed by atoms with Crippen LogP contribution in [0, 0.1) is 13.8 Å². The van der Waals surface area contributed by atoms with Crippen molar-refractivity contribution in [2.45, 2.75) is 27.2 Å². The zero-order valence-electron chi connectivity index (χ0n) is 15.9. The molecule has 0 spiro atoms. The molecule has 2 aromatic rings. The van der Waals surface area contributed by atoms with Crippen molar-refractivity contribution in [3.8, 4) is 0 Å². The highest BCUT2D eigenvalue weighted by Crippen LogP contribution is 2.20. The van der Waals surface area contributed by atoms with Gasteiger partial charge in [-0.3, -0.25) is 13.9 Å². The van der Waals surface area contributed by atoms with Crippen LogP contribution >= 0.6 is 0 Å². The molecular formula is C20H24N2O4S. The number of sulfonamides is 1. The molecule has 7 heteroatoms. The standard InChI is InChI=1S/C20H24N2O4S/c1-14-8-9-18(12-15(14)2)21-20(24)10-11-22(27(4,25)26)19-7-5-6-17(13-19)16(3)23/h5-9,12-13H,10-11H2,1-4H3,(H,21,24). The molecule has 0 aromatic heterocycles. The van der Waals surface area contributed by atoms with Gasteiger partial charge in [0.05, 0.1) is 11.9 Å². The minimum atomic E-state index is -3.60. The molecule has 0 bridgehead atoms. The van der Waals surface area contributed by atoms with E-state index in [2.05, 4.69) is 5.32 Å². The van der Waals surface area contributed by atoms with Crippen molar-refractivity contribution >= 4 is 33.1 Å². The molecule has 1 amide bonds. The number of rotatable bonds is 7. The van der Waals surface area contributed by atoms with E-state index in [0.717, 1.165) is 21.7 Å². The van der Waals surface area contributed by atoms with Crippen LogP contribution in [0.2, 0.25) is 0 Å². The lowest BCUT2D eigenvalue weighted by molar-refractivity contribution is -0.116. The third-order valence-electron chi connectivity index (χ3n) is 4.27. The molecular weight excluding hydrogens is 364 g/mol. The molecule has 2 aromatic carbocycles. The Labute approximate surface area is 160 Å². The van der Waals surface area contributed by atoms with Crippen LogP contribution < -0.4 is 9.62 Å². The van der Waals surface area contributed by atoms with Gasteiger partial charge in [-0.1, -0.05) is 18.2 Å². The molecule has 0 atom stereocenters. The van der Waals surface area contributed by atoms with E-state index >= 15 is 0 Å². The topological polar surface area (TPSA) is 83.6 Å². The van der Waals surface area contributed by atoms with E-state index in [1.165, 1.54) is 13.0 Å². The van der Waals surface area contributed by atoms with Gasteiger partial charge in [-0.05, 0) is 56.2 Å². The maximum absolute atomic E-state index is 12.3. The SMILES string of the molecule is CC(=O)c1cccc(N(CCC(=O)Nc2ccc(C)c(C)c2)S(C)(=O)=O)c1. The molecule has 27 heavy (non-hydrogen) atoms. The first kappa shape index (κ1) is 20.6. The molecule has 0 aliphatic rings. The van der Waals surface area contributed by atoms with Gasteiger partial charge in [0.1, 0.15) is 0 Å². The van der Waals surface area contributed by atoms with Crippen LogP contribution in [0.1, 0.15) is 34.8 Å². The van der Waals surface area contributed by atoms with Crippen LogP contribution in [0.5, 0.6) is 0 Å². The van der Waals surface area contributed by atoms with Crippen molar-refractivity contribution < 1.29 is 18.0 Å². The van der Waals surface area contributed by atoms with Crippen molar-refractivity contribution in [1.29, 1.82) is 0 Å². The smallest absolute Gasteiger partial charge is 0.232 e. The summed E-state index contributed by atoms with van der Waals surface area (Å²) in [6.07, 6.45) is 1.07. The van der Waals surface area contributed by atoms with Crippen LogP contribution in [-0.2, 0) is 14.8 Å². The van der Waals surface area contributed by atoms with Crippen molar-refractivity contribution in [2.24, 2.45) is 0 Å². The van der Waals surface area contributed by atoms with E-state index in [-0.39, 0.29) is 24.7 Å². The van der Waals surface area contributed by atoms with E-state index < -0.39 is 10.0 Å². The zero-order chi connectivity index (χ0) is 20.2. The number of hydrogen-bond donors (Lipinski definition) is 1. The Kier molecular flexibility index (Phi) is 6.38. The molecule has 0 aliphatic carbocycles. The number of carbonyl (C=O) groups excluding carboxylic acids is 2. The van der Waals surface area contributed by atoms with E-state index in [9.17, 15) is 18.0 Å². The molecule has 0 saturated carbocycles. The van der Waals surface area contributed by atoms with Crippen LogP contribution in [-0.4, -0.2) is 32.9 Å². The number of nitrogens with zero attached hydrogens (tertiary/aromatic N) is 1. The summed E-state index contributed by atoms with van der Waals surface area (Å²) < 4.78 is 25.5. The molecule has 0 radical (unpaired) electrons. The monoisotopic (exact) mass is 388 g/mol. The molecule has 1 N–H and O–H groups in total. The van der Waals surface area contributed by atoms with Gasteiger partial charge >= 0.3 is 0 Å². The molecule has 0 fully saturated rings. The molecule has 6 nitrogen and oxygen atoms in total. The summed E-state index contributed by atoms with van der Waals surface area (Å²) >= 11 is 0. The predicted octanol–water partition coefficient (Wildman–Crippen LogP) is 3.30. The average Bonchev–Trinajstić information content (AvgIpc) is 2.57. The number of anilines is 2. The predicted molar refractivity (Wildman–Crippen MR) is 108 cm³/mol. The fourth-order valence-electron chi connectivity index (χ4n) is 2.61. The average molecular weight is 388 g/mol. The number of benzene rings is 2. The molecule has 0 saturated heterocycles. The number of hydrogen-bond acceptors (Lipinski definition) is 4. The number of nitrogens with one attached hydrogen (secondary N) is 1. The van der Waals surface area contributed by atoms with Crippen LogP contribution in [0.25, 0.3) is 0 Å². The summed E-state index contributed by atoms with van der Waals surface area (Å²) in [5.74, 6) is -0.438. The second-order valence-electron chi connectivity index (χ2n) is 6.54. The summed E-state index contributed by atoms with van der Waals surface area (Å²) in [6.45, 7) is 5.34. The minimum Gasteiger partial charge on any atom is -0.326 e. The first-order valence-electron chi connectivity index (χ1n) is 8.54. The Morgan fingerprint density at radius 1 is 1.04 bits per heavy atom. The Morgan fingerprint density at radius 3 is 2.33 bits per heavy atom. The van der Waals surface area contributed by atoms with Gasteiger partial charge in [0, 0.05) is 24.2 Å². The van der Waals surface area contributed by atoms with Gasteiger partial charge < -0.3 is 5.32 Å². The lowest BCUT2D eigenvalue weighted by Crippen LogP contribution is -2.33. The Balaban J connectivity index is 2.13. The highest BCUT2D eigenvalue weighted by Gasteiger charge is 2.19. The first-order chi connectivity index (χ1) is 12.6. The fraction of sp³-hybridized carbons (Fsp3) is 0.300.